The van der Waals surface area contributed by atoms with Crippen LogP contribution < -0.4 is 4.90 Å². The molecule has 3 aromatic rings. The molecule has 2 aliphatic heterocycles. The maximum Gasteiger partial charge on any atom is 0.416 e. The first kappa shape index (κ1) is 34.7. The molecule has 0 saturated carbocycles. The third-order valence-electron chi connectivity index (χ3n) is 7.82. The molecule has 0 aromatic heterocycles. The van der Waals surface area contributed by atoms with Crippen molar-refractivity contribution in [3.05, 3.63) is 76.8 Å². The van der Waals surface area contributed by atoms with E-state index in [1.54, 1.807) is 13.0 Å². The topological polar surface area (TPSA) is 36.0 Å². The van der Waals surface area contributed by atoms with Crippen LogP contribution in [0.2, 0.25) is 5.02 Å². The summed E-state index contributed by atoms with van der Waals surface area (Å²) in [4.78, 5) is 21.0. The fourth-order valence-corrected chi connectivity index (χ4v) is 7.58. The predicted octanol–water partition coefficient (Wildman–Crippen LogP) is 8.71. The first-order valence-electron chi connectivity index (χ1n) is 14.7. The summed E-state index contributed by atoms with van der Waals surface area (Å²) in [5, 5.41) is -0.606. The largest absolute Gasteiger partial charge is 0.463 e. The van der Waals surface area contributed by atoms with E-state index in [2.05, 4.69) is 9.80 Å². The Morgan fingerprint density at radius 1 is 0.848 bits per heavy atom. The zero-order valence-electron chi connectivity index (χ0n) is 24.8. The first-order valence-corrected chi connectivity index (χ1v) is 16.8. The quantitative estimate of drug-likeness (QED) is 0.119. The molecule has 3 aromatic carbocycles. The van der Waals surface area contributed by atoms with Crippen molar-refractivity contribution in [2.24, 2.45) is 0 Å². The molecule has 1 unspecified atom stereocenters. The van der Waals surface area contributed by atoms with Crippen molar-refractivity contribution in [2.45, 2.75) is 45.6 Å². The lowest BCUT2D eigenvalue weighted by Crippen LogP contribution is -2.47. The van der Waals surface area contributed by atoms with Gasteiger partial charge in [-0.3, -0.25) is 9.69 Å². The van der Waals surface area contributed by atoms with Crippen molar-refractivity contribution in [3.8, 4) is 0 Å². The van der Waals surface area contributed by atoms with Gasteiger partial charge in [-0.25, -0.2) is 0 Å². The fraction of sp³-hybridized carbons (Fsp3) is 0.406. The van der Waals surface area contributed by atoms with Crippen LogP contribution in [-0.2, 0) is 21.9 Å². The standard InChI is InChI=1S/C32H32ClF6N3O2S2/c1-21(45-29-20-23(32(37,38)39)7-9-24(29)33)30(43)44-18-17-41-15-13-40(14-16-41)11-4-12-42-25-5-2-3-6-27(25)46-28-10-8-22(19-26(28)42)31(34,35)36/h2-3,5-10,19-21H,4,11-18H2,1H3. The number of carbonyl (C=O) groups excluding carboxylic acids is 1. The number of esters is 1. The molecule has 46 heavy (non-hydrogen) atoms. The SMILES string of the molecule is CC(Sc1cc(C(F)(F)F)ccc1Cl)C(=O)OCCN1CCN(CCCN2c3ccccc3Sc3ccc(C(F)(F)F)cc32)CC1. The third-order valence-corrected chi connectivity index (χ3v) is 10.5. The van der Waals surface area contributed by atoms with Crippen molar-refractivity contribution in [2.75, 3.05) is 57.3 Å². The van der Waals surface area contributed by atoms with Gasteiger partial charge in [0.2, 0.25) is 0 Å². The Morgan fingerprint density at radius 2 is 1.46 bits per heavy atom. The molecule has 0 bridgehead atoms. The second-order valence-corrected chi connectivity index (χ2v) is 13.9. The predicted molar refractivity (Wildman–Crippen MR) is 169 cm³/mol. The van der Waals surface area contributed by atoms with Crippen LogP contribution in [0.4, 0.5) is 37.7 Å². The van der Waals surface area contributed by atoms with Crippen molar-refractivity contribution >= 4 is 52.5 Å². The first-order chi connectivity index (χ1) is 21.8. The highest BCUT2D eigenvalue weighted by Crippen LogP contribution is 2.49. The molecule has 1 saturated heterocycles. The molecular weight excluding hydrogens is 672 g/mol. The highest BCUT2D eigenvalue weighted by atomic mass is 35.5. The molecule has 1 atom stereocenters. The van der Waals surface area contributed by atoms with E-state index < -0.39 is 34.7 Å². The number of hydrogen-bond acceptors (Lipinski definition) is 7. The van der Waals surface area contributed by atoms with E-state index >= 15 is 0 Å². The van der Waals surface area contributed by atoms with Gasteiger partial charge < -0.3 is 14.5 Å². The molecule has 0 N–H and O–H groups in total. The number of hydrogen-bond donors (Lipinski definition) is 0. The van der Waals surface area contributed by atoms with Crippen LogP contribution in [0.5, 0.6) is 0 Å². The summed E-state index contributed by atoms with van der Waals surface area (Å²) < 4.78 is 85.1. The van der Waals surface area contributed by atoms with Crippen LogP contribution in [0, 0.1) is 0 Å². The van der Waals surface area contributed by atoms with Crippen LogP contribution >= 0.6 is 35.1 Å². The van der Waals surface area contributed by atoms with Crippen LogP contribution in [0.3, 0.4) is 0 Å². The molecule has 1 fully saturated rings. The van der Waals surface area contributed by atoms with E-state index in [0.717, 1.165) is 84.6 Å². The van der Waals surface area contributed by atoms with Crippen LogP contribution in [0.15, 0.2) is 75.4 Å². The van der Waals surface area contributed by atoms with E-state index in [4.69, 9.17) is 16.3 Å². The Bertz CT molecular complexity index is 1530. The summed E-state index contributed by atoms with van der Waals surface area (Å²) in [5.41, 5.74) is -0.0147. The van der Waals surface area contributed by atoms with Gasteiger partial charge in [0.15, 0.2) is 0 Å². The van der Waals surface area contributed by atoms with E-state index in [-0.39, 0.29) is 16.5 Å². The van der Waals surface area contributed by atoms with Gasteiger partial charge in [-0.15, -0.1) is 11.8 Å². The minimum Gasteiger partial charge on any atom is -0.463 e. The van der Waals surface area contributed by atoms with Gasteiger partial charge in [0.05, 0.1) is 27.5 Å². The van der Waals surface area contributed by atoms with Gasteiger partial charge in [0.1, 0.15) is 11.9 Å². The Morgan fingerprint density at radius 3 is 2.15 bits per heavy atom. The van der Waals surface area contributed by atoms with Gasteiger partial charge in [-0.1, -0.05) is 35.5 Å². The Hall–Kier alpha value is -2.58. The average molecular weight is 704 g/mol. The maximum absolute atomic E-state index is 13.5. The highest BCUT2D eigenvalue weighted by molar-refractivity contribution is 8.00. The van der Waals surface area contributed by atoms with Crippen molar-refractivity contribution < 1.29 is 35.9 Å². The molecule has 5 rings (SSSR count). The molecule has 2 aliphatic rings. The van der Waals surface area contributed by atoms with Crippen molar-refractivity contribution in [3.63, 3.8) is 0 Å². The van der Waals surface area contributed by atoms with Gasteiger partial charge >= 0.3 is 18.3 Å². The zero-order valence-corrected chi connectivity index (χ0v) is 27.2. The van der Waals surface area contributed by atoms with E-state index in [9.17, 15) is 31.1 Å². The molecule has 2 heterocycles. The van der Waals surface area contributed by atoms with Gasteiger partial charge in [0, 0.05) is 54.0 Å². The number of carbonyl (C=O) groups is 1. The number of benzene rings is 3. The highest BCUT2D eigenvalue weighted by Gasteiger charge is 2.34. The number of anilines is 2. The number of para-hydroxylation sites is 1. The van der Waals surface area contributed by atoms with E-state index in [1.807, 2.05) is 29.2 Å². The summed E-state index contributed by atoms with van der Waals surface area (Å²) in [6.45, 7) is 6.75. The van der Waals surface area contributed by atoms with Crippen LogP contribution in [0.25, 0.3) is 0 Å². The molecular formula is C32H32ClF6N3O2S2. The number of fused-ring (bicyclic) bond motifs is 2. The number of nitrogens with zero attached hydrogens (tertiary/aromatic N) is 3. The maximum atomic E-state index is 13.5. The lowest BCUT2D eigenvalue weighted by Gasteiger charge is -2.36. The monoisotopic (exact) mass is 703 g/mol. The third kappa shape index (κ3) is 8.66. The molecule has 0 amide bonds. The average Bonchev–Trinajstić information content (AvgIpc) is 3.01. The summed E-state index contributed by atoms with van der Waals surface area (Å²) in [5.74, 6) is -0.529. The van der Waals surface area contributed by atoms with Gasteiger partial charge in [-0.05, 0) is 68.4 Å². The van der Waals surface area contributed by atoms with Crippen LogP contribution in [-0.4, -0.2) is 73.4 Å². The molecule has 0 aliphatic carbocycles. The second-order valence-electron chi connectivity index (χ2n) is 11.0. The summed E-state index contributed by atoms with van der Waals surface area (Å²) in [6.07, 6.45) is -8.17. The smallest absolute Gasteiger partial charge is 0.416 e. The zero-order chi connectivity index (χ0) is 33.1. The lowest BCUT2D eigenvalue weighted by molar-refractivity contribution is -0.143. The molecule has 5 nitrogen and oxygen atoms in total. The summed E-state index contributed by atoms with van der Waals surface area (Å²) in [7, 11) is 0. The number of piperazine rings is 1. The van der Waals surface area contributed by atoms with Crippen molar-refractivity contribution in [1.29, 1.82) is 0 Å². The minimum atomic E-state index is -4.51. The molecule has 0 radical (unpaired) electrons. The number of halogens is 7. The molecule has 0 spiro atoms. The number of rotatable bonds is 10. The lowest BCUT2D eigenvalue weighted by atomic mass is 10.1. The fourth-order valence-electron chi connectivity index (χ4n) is 5.34. The Kier molecular flexibility index (Phi) is 11.1. The molecule has 248 valence electrons. The van der Waals surface area contributed by atoms with E-state index in [1.165, 1.54) is 23.9 Å². The normalized spacial score (nSPS) is 16.6. The van der Waals surface area contributed by atoms with Crippen molar-refractivity contribution in [1.82, 2.24) is 9.80 Å². The minimum absolute atomic E-state index is 0.135. The van der Waals surface area contributed by atoms with Gasteiger partial charge in [-0.2, -0.15) is 26.3 Å². The number of thioether (sulfide) groups is 1. The van der Waals surface area contributed by atoms with Crippen LogP contribution in [0.1, 0.15) is 24.5 Å². The summed E-state index contributed by atoms with van der Waals surface area (Å²) in [6, 6.07) is 14.7. The van der Waals surface area contributed by atoms with E-state index in [0.29, 0.717) is 18.8 Å². The number of ether oxygens (including phenoxy) is 1. The summed E-state index contributed by atoms with van der Waals surface area (Å²) >= 11 is 8.46. The second kappa shape index (κ2) is 14.7. The Balaban J connectivity index is 1.06. The number of alkyl halides is 6. The Labute approximate surface area is 277 Å². The van der Waals surface area contributed by atoms with Gasteiger partial charge in [0.25, 0.3) is 0 Å². The molecule has 14 heteroatoms.